The lowest BCUT2D eigenvalue weighted by Crippen LogP contribution is -2.06. The predicted octanol–water partition coefficient (Wildman–Crippen LogP) is 4.49. The number of benzene rings is 3. The van der Waals surface area contributed by atoms with E-state index in [0.29, 0.717) is 28.5 Å². The molecule has 0 aliphatic rings. The zero-order chi connectivity index (χ0) is 24.7. The number of para-hydroxylation sites is 1. The second kappa shape index (κ2) is 8.55. The summed E-state index contributed by atoms with van der Waals surface area (Å²) < 4.78 is 39.2. The van der Waals surface area contributed by atoms with E-state index in [9.17, 15) is 8.42 Å². The van der Waals surface area contributed by atoms with Gasteiger partial charge in [0.1, 0.15) is 5.82 Å². The average Bonchev–Trinajstić information content (AvgIpc) is 3.30. The van der Waals surface area contributed by atoms with Crippen molar-refractivity contribution in [1.29, 1.82) is 0 Å². The number of methoxy groups -OCH3 is 2. The number of fused-ring (bicyclic) bond motifs is 3. The summed E-state index contributed by atoms with van der Waals surface area (Å²) in [7, 11) is -0.834. The van der Waals surface area contributed by atoms with Crippen LogP contribution in [-0.2, 0) is 9.84 Å². The SMILES string of the molecule is COc1ccc(Nc2nc3c(S(=O)(=O)c4ccc(C)c(C)c4)nnn3c3ccccc23)cc1OC. The Morgan fingerprint density at radius 3 is 2.40 bits per heavy atom. The highest BCUT2D eigenvalue weighted by atomic mass is 32.2. The van der Waals surface area contributed by atoms with Gasteiger partial charge in [0.05, 0.1) is 24.6 Å². The molecule has 0 aliphatic heterocycles. The first kappa shape index (κ1) is 22.6. The van der Waals surface area contributed by atoms with Crippen LogP contribution < -0.4 is 14.8 Å². The van der Waals surface area contributed by atoms with Crippen molar-refractivity contribution >= 4 is 37.9 Å². The Morgan fingerprint density at radius 1 is 0.886 bits per heavy atom. The lowest BCUT2D eigenvalue weighted by atomic mass is 10.1. The van der Waals surface area contributed by atoms with Gasteiger partial charge in [0.15, 0.2) is 17.1 Å². The van der Waals surface area contributed by atoms with Gasteiger partial charge in [0.2, 0.25) is 14.9 Å². The fourth-order valence-electron chi connectivity index (χ4n) is 3.86. The van der Waals surface area contributed by atoms with Crippen molar-refractivity contribution in [1.82, 2.24) is 19.8 Å². The maximum Gasteiger partial charge on any atom is 0.229 e. The van der Waals surface area contributed by atoms with Gasteiger partial charge in [-0.3, -0.25) is 0 Å². The number of hydrogen-bond acceptors (Lipinski definition) is 8. The number of ether oxygens (including phenoxy) is 2. The zero-order valence-corrected chi connectivity index (χ0v) is 20.4. The molecule has 0 saturated heterocycles. The van der Waals surface area contributed by atoms with Crippen molar-refractivity contribution in [2.75, 3.05) is 19.5 Å². The minimum Gasteiger partial charge on any atom is -0.493 e. The molecule has 0 spiro atoms. The third-order valence-electron chi connectivity index (χ3n) is 5.91. The van der Waals surface area contributed by atoms with Crippen molar-refractivity contribution in [2.24, 2.45) is 0 Å². The number of sulfone groups is 1. The molecule has 0 aliphatic carbocycles. The van der Waals surface area contributed by atoms with Gasteiger partial charge in [-0.05, 0) is 61.4 Å². The second-order valence-corrected chi connectivity index (χ2v) is 9.92. The molecule has 9 nitrogen and oxygen atoms in total. The smallest absolute Gasteiger partial charge is 0.229 e. The first-order valence-corrected chi connectivity index (χ1v) is 12.3. The molecule has 35 heavy (non-hydrogen) atoms. The lowest BCUT2D eigenvalue weighted by molar-refractivity contribution is 0.355. The highest BCUT2D eigenvalue weighted by Crippen LogP contribution is 2.33. The summed E-state index contributed by atoms with van der Waals surface area (Å²) in [6, 6.07) is 17.8. The van der Waals surface area contributed by atoms with E-state index in [1.54, 1.807) is 44.6 Å². The van der Waals surface area contributed by atoms with Crippen molar-refractivity contribution < 1.29 is 17.9 Å². The molecule has 0 unspecified atom stereocenters. The first-order chi connectivity index (χ1) is 16.8. The van der Waals surface area contributed by atoms with Crippen LogP contribution in [0.25, 0.3) is 16.6 Å². The largest absolute Gasteiger partial charge is 0.493 e. The highest BCUT2D eigenvalue weighted by molar-refractivity contribution is 7.91. The number of aromatic nitrogens is 4. The standard InChI is InChI=1S/C25H23N5O4S/c1-15-9-11-18(13-16(15)2)35(31,32)25-24-27-23(19-7-5-6-8-20(19)30(24)29-28-25)26-17-10-12-21(33-3)22(14-17)34-4/h5-14H,1-4H3,(H,26,27). The van der Waals surface area contributed by atoms with Crippen LogP contribution in [0.2, 0.25) is 0 Å². The monoisotopic (exact) mass is 489 g/mol. The summed E-state index contributed by atoms with van der Waals surface area (Å²) in [6.07, 6.45) is 0. The van der Waals surface area contributed by atoms with E-state index >= 15 is 0 Å². The van der Waals surface area contributed by atoms with Crippen molar-refractivity contribution in [3.63, 3.8) is 0 Å². The predicted molar refractivity (Wildman–Crippen MR) is 132 cm³/mol. The number of nitrogens with one attached hydrogen (secondary N) is 1. The summed E-state index contributed by atoms with van der Waals surface area (Å²) in [4.78, 5) is 4.81. The van der Waals surface area contributed by atoms with E-state index in [1.165, 1.54) is 4.52 Å². The van der Waals surface area contributed by atoms with E-state index in [1.807, 2.05) is 44.2 Å². The molecule has 0 saturated carbocycles. The fraction of sp³-hybridized carbons (Fsp3) is 0.160. The van der Waals surface area contributed by atoms with Crippen LogP contribution in [0, 0.1) is 13.8 Å². The van der Waals surface area contributed by atoms with Crippen LogP contribution in [0.4, 0.5) is 11.5 Å². The third-order valence-corrected chi connectivity index (χ3v) is 7.56. The van der Waals surface area contributed by atoms with E-state index < -0.39 is 9.84 Å². The maximum absolute atomic E-state index is 13.5. The molecule has 10 heteroatoms. The summed E-state index contributed by atoms with van der Waals surface area (Å²) in [5.74, 6) is 1.60. The van der Waals surface area contributed by atoms with Gasteiger partial charge < -0.3 is 14.8 Å². The molecule has 0 atom stereocenters. The van der Waals surface area contributed by atoms with Gasteiger partial charge in [0, 0.05) is 17.1 Å². The van der Waals surface area contributed by atoms with Gasteiger partial charge in [-0.2, -0.15) is 4.52 Å². The number of nitrogens with zero attached hydrogens (tertiary/aromatic N) is 4. The van der Waals surface area contributed by atoms with E-state index in [-0.39, 0.29) is 15.6 Å². The summed E-state index contributed by atoms with van der Waals surface area (Å²) >= 11 is 0. The fourth-order valence-corrected chi connectivity index (χ4v) is 5.18. The number of aryl methyl sites for hydroxylation is 2. The van der Waals surface area contributed by atoms with Crippen LogP contribution in [0.1, 0.15) is 11.1 Å². The van der Waals surface area contributed by atoms with Crippen LogP contribution >= 0.6 is 0 Å². The summed E-state index contributed by atoms with van der Waals surface area (Å²) in [5, 5.41) is 12.0. The maximum atomic E-state index is 13.5. The van der Waals surface area contributed by atoms with Crippen LogP contribution in [0.5, 0.6) is 11.5 Å². The topological polar surface area (TPSA) is 108 Å². The zero-order valence-electron chi connectivity index (χ0n) is 19.6. The van der Waals surface area contributed by atoms with Crippen LogP contribution in [0.15, 0.2) is 70.6 Å². The molecule has 178 valence electrons. The molecule has 2 aromatic heterocycles. The minimum absolute atomic E-state index is 0.130. The Hall–Kier alpha value is -4.18. The molecule has 0 radical (unpaired) electrons. The molecule has 0 fully saturated rings. The second-order valence-electron chi connectivity index (χ2n) is 8.05. The van der Waals surface area contributed by atoms with E-state index in [4.69, 9.17) is 9.47 Å². The summed E-state index contributed by atoms with van der Waals surface area (Å²) in [6.45, 7) is 3.80. The molecular formula is C25H23N5O4S. The molecular weight excluding hydrogens is 466 g/mol. The third kappa shape index (κ3) is 3.81. The molecule has 1 N–H and O–H groups in total. The molecule has 0 amide bonds. The van der Waals surface area contributed by atoms with Crippen molar-refractivity contribution in [3.05, 3.63) is 71.8 Å². The molecule has 0 bridgehead atoms. The van der Waals surface area contributed by atoms with Crippen molar-refractivity contribution in [2.45, 2.75) is 23.8 Å². The number of hydrogen-bond donors (Lipinski definition) is 1. The minimum atomic E-state index is -3.96. The van der Waals surface area contributed by atoms with Crippen LogP contribution in [-0.4, -0.2) is 42.4 Å². The van der Waals surface area contributed by atoms with Gasteiger partial charge >= 0.3 is 0 Å². The van der Waals surface area contributed by atoms with Gasteiger partial charge in [-0.15, -0.1) is 5.10 Å². The molecule has 5 aromatic rings. The lowest BCUT2D eigenvalue weighted by Gasteiger charge is -2.13. The Kier molecular flexibility index (Phi) is 5.52. The quantitative estimate of drug-likeness (QED) is 0.372. The van der Waals surface area contributed by atoms with E-state index in [2.05, 4.69) is 20.6 Å². The molecule has 2 heterocycles. The van der Waals surface area contributed by atoms with Crippen LogP contribution in [0.3, 0.4) is 0 Å². The van der Waals surface area contributed by atoms with Gasteiger partial charge in [-0.1, -0.05) is 23.4 Å². The molecule has 5 rings (SSSR count). The average molecular weight is 490 g/mol. The Labute approximate surface area is 202 Å². The first-order valence-electron chi connectivity index (χ1n) is 10.8. The Balaban J connectivity index is 1.70. The van der Waals surface area contributed by atoms with Gasteiger partial charge in [-0.25, -0.2) is 13.4 Å². The van der Waals surface area contributed by atoms with Gasteiger partial charge in [0.25, 0.3) is 0 Å². The Morgan fingerprint density at radius 2 is 1.66 bits per heavy atom. The Bertz CT molecular complexity index is 1700. The number of anilines is 2. The normalized spacial score (nSPS) is 11.7. The number of rotatable bonds is 6. The van der Waals surface area contributed by atoms with Crippen molar-refractivity contribution in [3.8, 4) is 11.5 Å². The highest BCUT2D eigenvalue weighted by Gasteiger charge is 2.27. The van der Waals surface area contributed by atoms with E-state index in [0.717, 1.165) is 16.5 Å². The summed E-state index contributed by atoms with van der Waals surface area (Å²) in [5.41, 5.74) is 3.36. The molecule has 3 aromatic carbocycles.